The Hall–Kier alpha value is -1.44. The quantitative estimate of drug-likeness (QED) is 0.756. The monoisotopic (exact) mass is 364 g/mol. The van der Waals surface area contributed by atoms with Crippen LogP contribution in [0.2, 0.25) is 0 Å². The first-order chi connectivity index (χ1) is 11.7. The molecule has 0 unspecified atom stereocenters. The molecule has 0 saturated heterocycles. The van der Waals surface area contributed by atoms with Crippen molar-refractivity contribution in [1.82, 2.24) is 14.7 Å². The molecule has 5 nitrogen and oxygen atoms in total. The van der Waals surface area contributed by atoms with Gasteiger partial charge in [0.25, 0.3) is 0 Å². The second kappa shape index (κ2) is 8.09. The molecule has 1 fully saturated rings. The predicted molar refractivity (Wildman–Crippen MR) is 102 cm³/mol. The lowest BCUT2D eigenvalue weighted by molar-refractivity contribution is 0.146. The van der Waals surface area contributed by atoms with Gasteiger partial charge in [0, 0.05) is 6.04 Å². The summed E-state index contributed by atoms with van der Waals surface area (Å²) in [5.74, 6) is 0.796. The van der Waals surface area contributed by atoms with E-state index >= 15 is 0 Å². The van der Waals surface area contributed by atoms with Crippen LogP contribution in [0.25, 0.3) is 0 Å². The third-order valence-electron chi connectivity index (χ3n) is 4.51. The second-order valence-electron chi connectivity index (χ2n) is 6.19. The van der Waals surface area contributed by atoms with Gasteiger partial charge in [0.05, 0.1) is 19.5 Å². The van der Waals surface area contributed by atoms with Gasteiger partial charge >= 0.3 is 0 Å². The summed E-state index contributed by atoms with van der Waals surface area (Å²) < 4.78 is 8.07. The molecule has 1 aromatic heterocycles. The molecule has 0 bridgehead atoms. The Balaban J connectivity index is 1.69. The number of nitrogens with zero attached hydrogens (tertiary/aromatic N) is 3. The van der Waals surface area contributed by atoms with Gasteiger partial charge in [0.2, 0.25) is 5.13 Å². The molecule has 24 heavy (non-hydrogen) atoms. The molecule has 0 atom stereocenters. The maximum absolute atomic E-state index is 5.49. The van der Waals surface area contributed by atoms with Crippen LogP contribution < -0.4 is 10.1 Å². The smallest absolute Gasteiger partial charge is 0.209 e. The van der Waals surface area contributed by atoms with Crippen molar-refractivity contribution < 1.29 is 4.74 Å². The molecule has 1 aliphatic rings. The van der Waals surface area contributed by atoms with Crippen LogP contribution >= 0.6 is 23.6 Å². The largest absolute Gasteiger partial charge is 0.495 e. The normalized spacial score (nSPS) is 15.6. The van der Waals surface area contributed by atoms with Crippen LogP contribution in [0, 0.1) is 3.95 Å². The van der Waals surface area contributed by atoms with Crippen LogP contribution in [0.15, 0.2) is 24.3 Å². The lowest BCUT2D eigenvalue weighted by Gasteiger charge is -2.30. The van der Waals surface area contributed by atoms with E-state index in [-0.39, 0.29) is 0 Å². The number of methoxy groups -OCH3 is 1. The van der Waals surface area contributed by atoms with E-state index in [1.807, 2.05) is 28.9 Å². The summed E-state index contributed by atoms with van der Waals surface area (Å²) in [7, 11) is 3.84. The first-order valence-corrected chi connectivity index (χ1v) is 9.58. The van der Waals surface area contributed by atoms with Crippen LogP contribution in [-0.4, -0.2) is 34.9 Å². The molecule has 2 aromatic rings. The topological polar surface area (TPSA) is 42.3 Å². The van der Waals surface area contributed by atoms with Gasteiger partial charge in [0.1, 0.15) is 5.75 Å². The molecule has 1 saturated carbocycles. The van der Waals surface area contributed by atoms with Crippen LogP contribution in [-0.2, 0) is 6.67 Å². The van der Waals surface area contributed by atoms with Gasteiger partial charge in [-0.15, -0.1) is 5.10 Å². The maximum atomic E-state index is 5.49. The minimum atomic E-state index is 0.646. The van der Waals surface area contributed by atoms with Gasteiger partial charge in [-0.2, -0.15) is 0 Å². The van der Waals surface area contributed by atoms with Crippen molar-refractivity contribution in [2.45, 2.75) is 44.8 Å². The van der Waals surface area contributed by atoms with Gasteiger partial charge in [-0.25, -0.2) is 4.68 Å². The zero-order valence-corrected chi connectivity index (χ0v) is 15.8. The minimum Gasteiger partial charge on any atom is -0.495 e. The molecule has 1 N–H and O–H groups in total. The minimum absolute atomic E-state index is 0.646. The lowest BCUT2D eigenvalue weighted by atomic mass is 9.95. The van der Waals surface area contributed by atoms with Crippen molar-refractivity contribution in [2.24, 2.45) is 0 Å². The lowest BCUT2D eigenvalue weighted by Crippen LogP contribution is -2.35. The molecule has 0 amide bonds. The zero-order valence-electron chi connectivity index (χ0n) is 14.2. The summed E-state index contributed by atoms with van der Waals surface area (Å²) in [5, 5.41) is 8.74. The summed E-state index contributed by atoms with van der Waals surface area (Å²) in [4.78, 5) is 2.38. The molecule has 0 spiro atoms. The number of aromatic nitrogens is 2. The fraction of sp³-hybridized carbons (Fsp3) is 0.529. The molecule has 7 heteroatoms. The summed E-state index contributed by atoms with van der Waals surface area (Å²) in [6.45, 7) is 0.744. The van der Waals surface area contributed by atoms with E-state index in [1.54, 1.807) is 7.11 Å². The summed E-state index contributed by atoms with van der Waals surface area (Å²) in [6, 6.07) is 8.46. The standard InChI is InChI=1S/C17H24N4OS2/c1-20(13-8-4-3-5-9-13)12-21-17(23)24-16(19-21)18-14-10-6-7-11-15(14)22-2/h6-7,10-11,13H,3-5,8-9,12H2,1-2H3,(H,18,19). The highest BCUT2D eigenvalue weighted by molar-refractivity contribution is 7.73. The number of nitrogens with one attached hydrogen (secondary N) is 1. The van der Waals surface area contributed by atoms with Gasteiger partial charge in [0.15, 0.2) is 3.95 Å². The van der Waals surface area contributed by atoms with E-state index in [2.05, 4.69) is 22.4 Å². The predicted octanol–water partition coefficient (Wildman–Crippen LogP) is 4.65. The van der Waals surface area contributed by atoms with Crippen molar-refractivity contribution in [1.29, 1.82) is 0 Å². The van der Waals surface area contributed by atoms with Crippen molar-refractivity contribution in [3.8, 4) is 5.75 Å². The average Bonchev–Trinajstić information content (AvgIpc) is 2.95. The van der Waals surface area contributed by atoms with E-state index in [4.69, 9.17) is 17.0 Å². The number of anilines is 2. The van der Waals surface area contributed by atoms with Crippen LogP contribution in [0.5, 0.6) is 5.75 Å². The van der Waals surface area contributed by atoms with E-state index < -0.39 is 0 Å². The third-order valence-corrected chi connectivity index (χ3v) is 5.73. The maximum Gasteiger partial charge on any atom is 0.209 e. The summed E-state index contributed by atoms with van der Waals surface area (Å²) >= 11 is 6.98. The van der Waals surface area contributed by atoms with Gasteiger partial charge in [-0.05, 0) is 44.2 Å². The average molecular weight is 365 g/mol. The number of para-hydroxylation sites is 2. The highest BCUT2D eigenvalue weighted by Crippen LogP contribution is 2.28. The molecular formula is C17H24N4OS2. The number of benzene rings is 1. The fourth-order valence-corrected chi connectivity index (χ4v) is 4.16. The highest BCUT2D eigenvalue weighted by atomic mass is 32.1. The van der Waals surface area contributed by atoms with Crippen molar-refractivity contribution in [2.75, 3.05) is 19.5 Å². The van der Waals surface area contributed by atoms with Crippen LogP contribution in [0.1, 0.15) is 32.1 Å². The number of hydrogen-bond donors (Lipinski definition) is 1. The summed E-state index contributed by atoms with van der Waals surface area (Å²) in [6.07, 6.45) is 6.59. The van der Waals surface area contributed by atoms with E-state index in [1.165, 1.54) is 43.4 Å². The van der Waals surface area contributed by atoms with Gasteiger partial charge in [-0.3, -0.25) is 4.90 Å². The van der Waals surface area contributed by atoms with E-state index in [0.29, 0.717) is 6.04 Å². The number of ether oxygens (including phenoxy) is 1. The second-order valence-corrected chi connectivity index (χ2v) is 7.81. The highest BCUT2D eigenvalue weighted by Gasteiger charge is 2.19. The molecular weight excluding hydrogens is 340 g/mol. The van der Waals surface area contributed by atoms with E-state index in [9.17, 15) is 0 Å². The Bertz CT molecular complexity index is 721. The zero-order chi connectivity index (χ0) is 16.9. The molecule has 3 rings (SSSR count). The fourth-order valence-electron chi connectivity index (χ4n) is 3.16. The SMILES string of the molecule is COc1ccccc1Nc1nn(CN(C)C2CCCCC2)c(=S)s1. The van der Waals surface area contributed by atoms with Gasteiger partial charge in [-0.1, -0.05) is 42.7 Å². The Morgan fingerprint density at radius 1 is 1.33 bits per heavy atom. The van der Waals surface area contributed by atoms with Crippen LogP contribution in [0.3, 0.4) is 0 Å². The molecule has 1 aliphatic carbocycles. The molecule has 0 radical (unpaired) electrons. The number of hydrogen-bond acceptors (Lipinski definition) is 6. The van der Waals surface area contributed by atoms with E-state index in [0.717, 1.165) is 27.2 Å². The molecule has 1 heterocycles. The molecule has 0 aliphatic heterocycles. The van der Waals surface area contributed by atoms with Crippen molar-refractivity contribution in [3.05, 3.63) is 28.2 Å². The van der Waals surface area contributed by atoms with Crippen molar-refractivity contribution in [3.63, 3.8) is 0 Å². The van der Waals surface area contributed by atoms with Crippen molar-refractivity contribution >= 4 is 34.4 Å². The Labute approximate surface area is 152 Å². The Kier molecular flexibility index (Phi) is 5.86. The Morgan fingerprint density at radius 3 is 2.83 bits per heavy atom. The molecule has 130 valence electrons. The first kappa shape index (κ1) is 17.4. The Morgan fingerprint density at radius 2 is 2.08 bits per heavy atom. The molecule has 1 aromatic carbocycles. The van der Waals surface area contributed by atoms with Gasteiger partial charge < -0.3 is 10.1 Å². The number of rotatable bonds is 6. The third kappa shape index (κ3) is 4.15. The summed E-state index contributed by atoms with van der Waals surface area (Å²) in [5.41, 5.74) is 0.900. The van der Waals surface area contributed by atoms with Crippen LogP contribution in [0.4, 0.5) is 10.8 Å². The first-order valence-electron chi connectivity index (χ1n) is 8.35.